The molecule has 0 unspecified atom stereocenters. The van der Waals surface area contributed by atoms with Crippen LogP contribution in [0.15, 0.2) is 0 Å². The Labute approximate surface area is 101 Å². The van der Waals surface area contributed by atoms with Crippen molar-refractivity contribution in [2.24, 2.45) is 0 Å². The Bertz CT molecular complexity index is 107. The molecule has 52 valence electrons. The van der Waals surface area contributed by atoms with Crippen molar-refractivity contribution in [3.8, 4) is 0 Å². The molecule has 9 heavy (non-hydrogen) atoms. The van der Waals surface area contributed by atoms with E-state index in [-0.39, 0.29) is 73.8 Å². The average molecular weight is 220 g/mol. The van der Waals surface area contributed by atoms with Crippen molar-refractivity contribution < 1.29 is 45.2 Å². The normalized spacial score (nSPS) is 6.44. The van der Waals surface area contributed by atoms with Crippen LogP contribution in [-0.4, -0.2) is 63.6 Å². The summed E-state index contributed by atoms with van der Waals surface area (Å²) in [4.78, 5) is 0. The molecule has 0 bridgehead atoms. The Morgan fingerprint density at radius 2 is 1.00 bits per heavy atom. The zero-order valence-electron chi connectivity index (χ0n) is 6.29. The summed E-state index contributed by atoms with van der Waals surface area (Å²) >= 11 is 0. The fourth-order valence-electron chi connectivity index (χ4n) is 0. The standard InChI is InChI=1S/2ClH.2Mg.H2O4S.2H/c;;;;1-5(2,3)4;;/h2*1H;;;(H2,1,2,3,4);;/q;;2*+2;;2*-1/p-2. The van der Waals surface area contributed by atoms with Gasteiger partial charge in [0.05, 0.1) is 0 Å². The van der Waals surface area contributed by atoms with E-state index in [4.69, 9.17) is 17.5 Å². The van der Waals surface area contributed by atoms with E-state index in [0.717, 1.165) is 0 Å². The van der Waals surface area contributed by atoms with Crippen LogP contribution in [0.5, 0.6) is 0 Å². The van der Waals surface area contributed by atoms with E-state index in [2.05, 4.69) is 0 Å². The van der Waals surface area contributed by atoms with Crippen LogP contribution in [-0.2, 0) is 10.4 Å². The van der Waals surface area contributed by atoms with Gasteiger partial charge in [0.2, 0.25) is 0 Å². The van der Waals surface area contributed by atoms with Gasteiger partial charge in [-0.1, -0.05) is 0 Å². The smallest absolute Gasteiger partial charge is 1.00 e. The van der Waals surface area contributed by atoms with Crippen molar-refractivity contribution in [2.75, 3.05) is 0 Å². The van der Waals surface area contributed by atoms with Crippen LogP contribution >= 0.6 is 0 Å². The molecule has 0 aromatic carbocycles. The van der Waals surface area contributed by atoms with Crippen LogP contribution < -0.4 is 24.8 Å². The Morgan fingerprint density at radius 1 is 1.00 bits per heavy atom. The van der Waals surface area contributed by atoms with Gasteiger partial charge in [0.1, 0.15) is 0 Å². The monoisotopic (exact) mass is 218 g/mol. The molecule has 0 amide bonds. The molecule has 0 rings (SSSR count). The fourth-order valence-corrected chi connectivity index (χ4v) is 0. The minimum Gasteiger partial charge on any atom is -1.00 e. The quantitative estimate of drug-likeness (QED) is 0.314. The molecular formula is H4Cl2Mg2O4S. The molecule has 0 saturated heterocycles. The molecule has 0 aromatic heterocycles. The maximum atomic E-state index is 8.74. The van der Waals surface area contributed by atoms with Crippen LogP contribution in [0.1, 0.15) is 2.85 Å². The van der Waals surface area contributed by atoms with Crippen molar-refractivity contribution in [3.63, 3.8) is 0 Å². The van der Waals surface area contributed by atoms with E-state index >= 15 is 0 Å². The van der Waals surface area contributed by atoms with Gasteiger partial charge in [-0.25, -0.2) is 0 Å². The molecule has 0 atom stereocenters. The van der Waals surface area contributed by atoms with Crippen molar-refractivity contribution in [1.29, 1.82) is 0 Å². The van der Waals surface area contributed by atoms with E-state index in [1.807, 2.05) is 0 Å². The van der Waals surface area contributed by atoms with E-state index in [1.54, 1.807) is 0 Å². The van der Waals surface area contributed by atoms with Crippen LogP contribution in [0, 0.1) is 0 Å². The van der Waals surface area contributed by atoms with Gasteiger partial charge in [0.15, 0.2) is 0 Å². The second-order valence-electron chi connectivity index (χ2n) is 0.448. The molecule has 4 nitrogen and oxygen atoms in total. The number of hydrogen-bond donors (Lipinski definition) is 2. The molecule has 0 saturated carbocycles. The molecule has 0 fully saturated rings. The first-order chi connectivity index (χ1) is 2.00. The number of hydrogen-bond acceptors (Lipinski definition) is 2. The molecule has 0 aromatic rings. The number of rotatable bonds is 0. The Balaban J connectivity index is -0.00000000533. The minimum absolute atomic E-state index is 0. The fraction of sp³-hybridized carbons (Fsp3) is 0. The van der Waals surface area contributed by atoms with E-state index in [0.29, 0.717) is 0 Å². The maximum Gasteiger partial charge on any atom is 2.00 e. The summed E-state index contributed by atoms with van der Waals surface area (Å²) < 4.78 is 31.6. The number of halogens is 2. The molecule has 0 aliphatic carbocycles. The molecule has 9 heteroatoms. The third-order valence-corrected chi connectivity index (χ3v) is 0. The van der Waals surface area contributed by atoms with Crippen molar-refractivity contribution >= 4 is 56.5 Å². The molecule has 0 aliphatic heterocycles. The zero-order chi connectivity index (χ0) is 4.50. The zero-order valence-corrected chi connectivity index (χ0v) is 9.45. The Hall–Kier alpha value is 1.98. The molecule has 2 N–H and O–H groups in total. The van der Waals surface area contributed by atoms with Gasteiger partial charge in [-0.05, 0) is 0 Å². The van der Waals surface area contributed by atoms with Gasteiger partial charge in [-0.15, -0.1) is 0 Å². The summed E-state index contributed by atoms with van der Waals surface area (Å²) in [5, 5.41) is 0. The van der Waals surface area contributed by atoms with Crippen LogP contribution in [0.4, 0.5) is 0 Å². The average Bonchev–Trinajstić information content (AvgIpc) is 0.722. The predicted octanol–water partition coefficient (Wildman–Crippen LogP) is -7.18. The first kappa shape index (κ1) is 30.6. The van der Waals surface area contributed by atoms with Crippen LogP contribution in [0.3, 0.4) is 0 Å². The van der Waals surface area contributed by atoms with E-state index in [1.165, 1.54) is 0 Å². The van der Waals surface area contributed by atoms with E-state index < -0.39 is 10.4 Å². The summed E-state index contributed by atoms with van der Waals surface area (Å²) in [6.45, 7) is 0. The van der Waals surface area contributed by atoms with Gasteiger partial charge >= 0.3 is 56.5 Å². The molecule has 0 radical (unpaired) electrons. The van der Waals surface area contributed by atoms with Crippen LogP contribution in [0.2, 0.25) is 0 Å². The summed E-state index contributed by atoms with van der Waals surface area (Å²) in [5.74, 6) is 0. The second-order valence-corrected chi connectivity index (χ2v) is 1.34. The largest absolute Gasteiger partial charge is 2.00 e. The summed E-state index contributed by atoms with van der Waals surface area (Å²) in [5.41, 5.74) is 0. The molecule has 0 aliphatic rings. The Kier molecular flexibility index (Phi) is 42.9. The summed E-state index contributed by atoms with van der Waals surface area (Å²) in [6, 6.07) is 0. The third-order valence-electron chi connectivity index (χ3n) is 0. The molecular weight excluding hydrogens is 216 g/mol. The van der Waals surface area contributed by atoms with Gasteiger partial charge in [-0.2, -0.15) is 8.42 Å². The van der Waals surface area contributed by atoms with Crippen LogP contribution in [0.25, 0.3) is 0 Å². The first-order valence-electron chi connectivity index (χ1n) is 0.698. The molecule has 0 spiro atoms. The Morgan fingerprint density at radius 3 is 1.00 bits per heavy atom. The van der Waals surface area contributed by atoms with Crippen molar-refractivity contribution in [2.45, 2.75) is 0 Å². The molecule has 0 heterocycles. The van der Waals surface area contributed by atoms with Gasteiger partial charge in [0.25, 0.3) is 0 Å². The topological polar surface area (TPSA) is 74.6 Å². The SMILES string of the molecule is O=S(=O)(O)O.[Cl-].[Cl-].[H-].[H-].[Mg+2].[Mg+2]. The first-order valence-corrected chi connectivity index (χ1v) is 2.10. The predicted molar refractivity (Wildman–Crippen MR) is 27.9 cm³/mol. The minimum atomic E-state index is -4.67. The maximum absolute atomic E-state index is 8.74. The van der Waals surface area contributed by atoms with Crippen molar-refractivity contribution in [3.05, 3.63) is 0 Å². The summed E-state index contributed by atoms with van der Waals surface area (Å²) in [6.07, 6.45) is 0. The van der Waals surface area contributed by atoms with Gasteiger partial charge in [-0.3, -0.25) is 9.11 Å². The third kappa shape index (κ3) is 162. The second kappa shape index (κ2) is 12.6. The van der Waals surface area contributed by atoms with E-state index in [9.17, 15) is 0 Å². The van der Waals surface area contributed by atoms with Gasteiger partial charge < -0.3 is 27.7 Å². The summed E-state index contributed by atoms with van der Waals surface area (Å²) in [7, 11) is -4.67. The van der Waals surface area contributed by atoms with Gasteiger partial charge in [0, 0.05) is 0 Å². The van der Waals surface area contributed by atoms with Crippen molar-refractivity contribution in [1.82, 2.24) is 0 Å².